The van der Waals surface area contributed by atoms with Crippen LogP contribution in [-0.2, 0) is 0 Å². The van der Waals surface area contributed by atoms with Crippen molar-refractivity contribution < 1.29 is 14.6 Å². The molecule has 1 rings (SSSR count). The summed E-state index contributed by atoms with van der Waals surface area (Å²) >= 11 is 0. The molecule has 20 heavy (non-hydrogen) atoms. The van der Waals surface area contributed by atoms with Crippen molar-refractivity contribution in [3.05, 3.63) is 23.8 Å². The topological polar surface area (TPSA) is 84.6 Å². The summed E-state index contributed by atoms with van der Waals surface area (Å²) in [6.45, 7) is 6.67. The number of phenols is 1. The smallest absolute Gasteiger partial charge is 0.251 e. The van der Waals surface area contributed by atoms with Gasteiger partial charge in [0, 0.05) is 11.6 Å². The van der Waals surface area contributed by atoms with Gasteiger partial charge < -0.3 is 20.9 Å². The number of carbonyl (C=O) groups excluding carboxylic acids is 1. The lowest BCUT2D eigenvalue weighted by molar-refractivity contribution is 0.0898. The van der Waals surface area contributed by atoms with Crippen LogP contribution in [0.5, 0.6) is 11.5 Å². The van der Waals surface area contributed by atoms with Crippen LogP contribution in [0.25, 0.3) is 0 Å². The number of methoxy groups -OCH3 is 1. The Morgan fingerprint density at radius 2 is 2.10 bits per heavy atom. The van der Waals surface area contributed by atoms with Crippen LogP contribution in [0.1, 0.15) is 37.6 Å². The van der Waals surface area contributed by atoms with Crippen molar-refractivity contribution in [1.29, 1.82) is 0 Å². The first kappa shape index (κ1) is 16.3. The molecule has 1 unspecified atom stereocenters. The van der Waals surface area contributed by atoms with Gasteiger partial charge in [0.2, 0.25) is 0 Å². The lowest BCUT2D eigenvalue weighted by Crippen LogP contribution is -2.44. The highest BCUT2D eigenvalue weighted by atomic mass is 16.5. The van der Waals surface area contributed by atoms with Crippen LogP contribution in [0.15, 0.2) is 18.2 Å². The number of nitrogens with two attached hydrogens (primary N) is 1. The summed E-state index contributed by atoms with van der Waals surface area (Å²) in [7, 11) is 1.46. The van der Waals surface area contributed by atoms with Gasteiger partial charge in [-0.1, -0.05) is 20.8 Å². The maximum Gasteiger partial charge on any atom is 0.251 e. The quantitative estimate of drug-likeness (QED) is 0.769. The van der Waals surface area contributed by atoms with E-state index in [4.69, 9.17) is 10.5 Å². The number of hydrogen-bond donors (Lipinski definition) is 3. The van der Waals surface area contributed by atoms with Gasteiger partial charge in [-0.2, -0.15) is 0 Å². The van der Waals surface area contributed by atoms with Gasteiger partial charge in [0.05, 0.1) is 7.11 Å². The fraction of sp³-hybridized carbons (Fsp3) is 0.533. The number of amides is 1. The van der Waals surface area contributed by atoms with Gasteiger partial charge in [0.25, 0.3) is 5.91 Å². The van der Waals surface area contributed by atoms with Crippen LogP contribution in [0.2, 0.25) is 0 Å². The van der Waals surface area contributed by atoms with Gasteiger partial charge in [-0.3, -0.25) is 4.79 Å². The highest BCUT2D eigenvalue weighted by Crippen LogP contribution is 2.27. The summed E-state index contributed by atoms with van der Waals surface area (Å²) in [6, 6.07) is 4.57. The van der Waals surface area contributed by atoms with E-state index in [2.05, 4.69) is 26.1 Å². The number of hydrogen-bond acceptors (Lipinski definition) is 4. The Bertz CT molecular complexity index is 467. The molecule has 5 nitrogen and oxygen atoms in total. The molecule has 5 heteroatoms. The third-order valence-electron chi connectivity index (χ3n) is 3.25. The predicted molar refractivity (Wildman–Crippen MR) is 79.0 cm³/mol. The zero-order valence-electron chi connectivity index (χ0n) is 12.6. The third kappa shape index (κ3) is 4.13. The molecule has 0 radical (unpaired) electrons. The monoisotopic (exact) mass is 280 g/mol. The molecule has 0 bridgehead atoms. The molecule has 4 N–H and O–H groups in total. The molecule has 0 saturated heterocycles. The average Bonchev–Trinajstić information content (AvgIpc) is 2.36. The molecule has 1 amide bonds. The molecule has 0 aliphatic rings. The van der Waals surface area contributed by atoms with Crippen molar-refractivity contribution >= 4 is 5.91 Å². The van der Waals surface area contributed by atoms with E-state index in [0.717, 1.165) is 0 Å². The van der Waals surface area contributed by atoms with E-state index in [1.54, 1.807) is 12.1 Å². The molecule has 1 aromatic rings. The third-order valence-corrected chi connectivity index (χ3v) is 3.25. The Labute approximate surface area is 120 Å². The second kappa shape index (κ2) is 6.61. The summed E-state index contributed by atoms with van der Waals surface area (Å²) in [5.74, 6) is 0.0680. The maximum atomic E-state index is 12.2. The van der Waals surface area contributed by atoms with Gasteiger partial charge >= 0.3 is 0 Å². The van der Waals surface area contributed by atoms with E-state index in [1.165, 1.54) is 13.2 Å². The van der Waals surface area contributed by atoms with Gasteiger partial charge in [-0.25, -0.2) is 0 Å². The van der Waals surface area contributed by atoms with Gasteiger partial charge in [0.15, 0.2) is 11.5 Å². The summed E-state index contributed by atoms with van der Waals surface area (Å²) in [6.07, 6.45) is 0.706. The van der Waals surface area contributed by atoms with E-state index in [-0.39, 0.29) is 23.1 Å². The fourth-order valence-corrected chi connectivity index (χ4v) is 1.96. The molecule has 0 aliphatic carbocycles. The van der Waals surface area contributed by atoms with E-state index in [9.17, 15) is 9.90 Å². The second-order valence-corrected chi connectivity index (χ2v) is 5.86. The second-order valence-electron chi connectivity index (χ2n) is 5.86. The zero-order valence-corrected chi connectivity index (χ0v) is 12.6. The van der Waals surface area contributed by atoms with Crippen molar-refractivity contribution in [3.8, 4) is 11.5 Å². The number of nitrogens with one attached hydrogen (secondary N) is 1. The van der Waals surface area contributed by atoms with Crippen LogP contribution < -0.4 is 15.8 Å². The molecule has 1 atom stereocenters. The van der Waals surface area contributed by atoms with Crippen molar-refractivity contribution in [2.75, 3.05) is 13.7 Å². The lowest BCUT2D eigenvalue weighted by Gasteiger charge is -2.31. The standard InChI is InChI=1S/C15H24N2O3/c1-15(2,3)13(7-8-16)17-14(19)10-5-6-12(20-4)11(18)9-10/h5-6,9,13,18H,7-8,16H2,1-4H3,(H,17,19). The molecule has 0 aromatic heterocycles. The van der Waals surface area contributed by atoms with E-state index < -0.39 is 0 Å². The molecule has 0 fully saturated rings. The molecule has 0 heterocycles. The molecular weight excluding hydrogens is 256 g/mol. The number of aromatic hydroxyl groups is 1. The van der Waals surface area contributed by atoms with Crippen LogP contribution in [0.4, 0.5) is 0 Å². The molecule has 1 aromatic carbocycles. The number of ether oxygens (including phenoxy) is 1. The van der Waals surface area contributed by atoms with Gasteiger partial charge in [-0.15, -0.1) is 0 Å². The Morgan fingerprint density at radius 1 is 1.45 bits per heavy atom. The molecule has 0 spiro atoms. The van der Waals surface area contributed by atoms with Crippen molar-refractivity contribution in [1.82, 2.24) is 5.32 Å². The molecular formula is C15H24N2O3. The SMILES string of the molecule is COc1ccc(C(=O)NC(CCN)C(C)(C)C)cc1O. The fourth-order valence-electron chi connectivity index (χ4n) is 1.96. The zero-order chi connectivity index (χ0) is 15.3. The maximum absolute atomic E-state index is 12.2. The van der Waals surface area contributed by atoms with Crippen LogP contribution >= 0.6 is 0 Å². The average molecular weight is 280 g/mol. The first-order valence-electron chi connectivity index (χ1n) is 6.67. The Hall–Kier alpha value is -1.75. The van der Waals surface area contributed by atoms with Gasteiger partial charge in [0.1, 0.15) is 0 Å². The van der Waals surface area contributed by atoms with Crippen molar-refractivity contribution in [2.24, 2.45) is 11.1 Å². The van der Waals surface area contributed by atoms with E-state index in [0.29, 0.717) is 24.3 Å². The molecule has 0 aliphatic heterocycles. The van der Waals surface area contributed by atoms with Crippen LogP contribution in [0, 0.1) is 5.41 Å². The summed E-state index contributed by atoms with van der Waals surface area (Å²) in [4.78, 5) is 12.2. The minimum absolute atomic E-state index is 0.0238. The first-order chi connectivity index (χ1) is 9.29. The highest BCUT2D eigenvalue weighted by Gasteiger charge is 2.26. The van der Waals surface area contributed by atoms with E-state index in [1.807, 2.05) is 0 Å². The Kier molecular flexibility index (Phi) is 5.39. The van der Waals surface area contributed by atoms with E-state index >= 15 is 0 Å². The highest BCUT2D eigenvalue weighted by molar-refractivity contribution is 5.95. The number of benzene rings is 1. The largest absolute Gasteiger partial charge is 0.504 e. The first-order valence-corrected chi connectivity index (χ1v) is 6.67. The van der Waals surface area contributed by atoms with Crippen molar-refractivity contribution in [3.63, 3.8) is 0 Å². The lowest BCUT2D eigenvalue weighted by atomic mass is 9.84. The summed E-state index contributed by atoms with van der Waals surface area (Å²) in [5, 5.41) is 12.7. The molecule has 0 saturated carbocycles. The number of phenolic OH excluding ortho intramolecular Hbond substituents is 1. The molecule has 112 valence electrons. The van der Waals surface area contributed by atoms with Gasteiger partial charge in [-0.05, 0) is 36.6 Å². The number of rotatable bonds is 5. The Balaban J connectivity index is 2.86. The summed E-state index contributed by atoms with van der Waals surface area (Å²) < 4.78 is 4.96. The minimum atomic E-state index is -0.226. The number of carbonyl (C=O) groups is 1. The predicted octanol–water partition coefficient (Wildman–Crippen LogP) is 1.89. The summed E-state index contributed by atoms with van der Waals surface area (Å²) in [5.41, 5.74) is 5.91. The van der Waals surface area contributed by atoms with Crippen molar-refractivity contribution in [2.45, 2.75) is 33.2 Å². The minimum Gasteiger partial charge on any atom is -0.504 e. The van der Waals surface area contributed by atoms with Crippen LogP contribution in [0.3, 0.4) is 0 Å². The van der Waals surface area contributed by atoms with Crippen LogP contribution in [-0.4, -0.2) is 30.7 Å². The normalized spacial score (nSPS) is 12.8. The Morgan fingerprint density at radius 3 is 2.55 bits per heavy atom.